The van der Waals surface area contributed by atoms with Gasteiger partial charge in [0.25, 0.3) is 0 Å². The van der Waals surface area contributed by atoms with Crippen LogP contribution in [0.25, 0.3) is 11.0 Å². The van der Waals surface area contributed by atoms with Gasteiger partial charge in [-0.1, -0.05) is 13.3 Å². The molecule has 1 atom stereocenters. The SMILES string of the molecule is CCCC(O)CNc1ccnc2cc(Br)cnc12. The number of nitrogens with one attached hydrogen (secondary N) is 1. The van der Waals surface area contributed by atoms with Gasteiger partial charge < -0.3 is 10.4 Å². The molecule has 0 aliphatic carbocycles. The molecule has 0 saturated carbocycles. The fraction of sp³-hybridized carbons (Fsp3) is 0.385. The first-order valence-corrected chi connectivity index (χ1v) is 6.82. The van der Waals surface area contributed by atoms with E-state index in [4.69, 9.17) is 0 Å². The summed E-state index contributed by atoms with van der Waals surface area (Å²) in [5.74, 6) is 0. The monoisotopic (exact) mass is 309 g/mol. The van der Waals surface area contributed by atoms with Gasteiger partial charge in [-0.2, -0.15) is 0 Å². The number of fused-ring (bicyclic) bond motifs is 1. The minimum absolute atomic E-state index is 0.325. The molecule has 0 aromatic carbocycles. The number of nitrogens with zero attached hydrogens (tertiary/aromatic N) is 2. The standard InChI is InChI=1S/C13H16BrN3O/c1-2-3-10(18)8-16-11-4-5-15-12-6-9(14)7-17-13(11)12/h4-7,10,18H,2-3,8H2,1H3,(H,15,16). The van der Waals surface area contributed by atoms with Gasteiger partial charge in [0.1, 0.15) is 5.52 Å². The van der Waals surface area contributed by atoms with Gasteiger partial charge in [0.15, 0.2) is 0 Å². The summed E-state index contributed by atoms with van der Waals surface area (Å²) in [5.41, 5.74) is 2.56. The highest BCUT2D eigenvalue weighted by Crippen LogP contribution is 2.21. The Hall–Kier alpha value is -1.20. The normalized spacial score (nSPS) is 12.6. The summed E-state index contributed by atoms with van der Waals surface area (Å²) in [6.07, 6.45) is 4.94. The Labute approximate surface area is 115 Å². The van der Waals surface area contributed by atoms with Crippen molar-refractivity contribution in [2.24, 2.45) is 0 Å². The van der Waals surface area contributed by atoms with E-state index >= 15 is 0 Å². The molecule has 2 rings (SSSR count). The molecule has 5 heteroatoms. The average molecular weight is 310 g/mol. The van der Waals surface area contributed by atoms with Crippen LogP contribution in [-0.4, -0.2) is 27.7 Å². The predicted octanol–water partition coefficient (Wildman–Crippen LogP) is 2.97. The molecular weight excluding hydrogens is 294 g/mol. The molecule has 0 saturated heterocycles. The lowest BCUT2D eigenvalue weighted by atomic mass is 10.2. The minimum atomic E-state index is -0.325. The van der Waals surface area contributed by atoms with Crippen LogP contribution in [0.2, 0.25) is 0 Å². The molecule has 18 heavy (non-hydrogen) atoms. The van der Waals surface area contributed by atoms with Crippen molar-refractivity contribution in [3.05, 3.63) is 29.0 Å². The second-order valence-electron chi connectivity index (χ2n) is 4.20. The van der Waals surface area contributed by atoms with Crippen LogP contribution < -0.4 is 5.32 Å². The predicted molar refractivity (Wildman–Crippen MR) is 76.6 cm³/mol. The highest BCUT2D eigenvalue weighted by molar-refractivity contribution is 9.10. The topological polar surface area (TPSA) is 58.0 Å². The minimum Gasteiger partial charge on any atom is -0.391 e. The molecule has 0 bridgehead atoms. The highest BCUT2D eigenvalue weighted by atomic mass is 79.9. The summed E-state index contributed by atoms with van der Waals surface area (Å²) in [6.45, 7) is 2.59. The van der Waals surface area contributed by atoms with E-state index in [0.717, 1.165) is 34.0 Å². The van der Waals surface area contributed by atoms with Crippen LogP contribution in [-0.2, 0) is 0 Å². The summed E-state index contributed by atoms with van der Waals surface area (Å²) >= 11 is 3.38. The van der Waals surface area contributed by atoms with E-state index in [1.165, 1.54) is 0 Å². The van der Waals surface area contributed by atoms with E-state index in [0.29, 0.717) is 6.54 Å². The van der Waals surface area contributed by atoms with Gasteiger partial charge in [0.2, 0.25) is 0 Å². The maximum atomic E-state index is 9.72. The molecule has 2 aromatic rings. The van der Waals surface area contributed by atoms with E-state index in [2.05, 4.69) is 38.1 Å². The Morgan fingerprint density at radius 1 is 1.44 bits per heavy atom. The van der Waals surface area contributed by atoms with Crippen molar-refractivity contribution in [2.75, 3.05) is 11.9 Å². The van der Waals surface area contributed by atoms with E-state index < -0.39 is 0 Å². The number of hydrogen-bond donors (Lipinski definition) is 2. The molecule has 0 spiro atoms. The first kappa shape index (κ1) is 13.2. The van der Waals surface area contributed by atoms with Crippen molar-refractivity contribution >= 4 is 32.7 Å². The number of hydrogen-bond acceptors (Lipinski definition) is 4. The highest BCUT2D eigenvalue weighted by Gasteiger charge is 2.06. The van der Waals surface area contributed by atoms with Crippen molar-refractivity contribution in [1.82, 2.24) is 9.97 Å². The Bertz CT molecular complexity index is 533. The van der Waals surface area contributed by atoms with Crippen molar-refractivity contribution in [2.45, 2.75) is 25.9 Å². The average Bonchev–Trinajstić information content (AvgIpc) is 2.36. The third-order valence-corrected chi connectivity index (χ3v) is 3.13. The first-order valence-electron chi connectivity index (χ1n) is 6.03. The fourth-order valence-corrected chi connectivity index (χ4v) is 2.13. The zero-order chi connectivity index (χ0) is 13.0. The van der Waals surface area contributed by atoms with Gasteiger partial charge in [-0.3, -0.25) is 9.97 Å². The molecule has 0 aliphatic rings. The lowest BCUT2D eigenvalue weighted by Gasteiger charge is -2.12. The Morgan fingerprint density at radius 2 is 2.28 bits per heavy atom. The molecule has 4 nitrogen and oxygen atoms in total. The molecule has 2 aromatic heterocycles. The van der Waals surface area contributed by atoms with Crippen LogP contribution in [0.5, 0.6) is 0 Å². The van der Waals surface area contributed by atoms with Gasteiger partial charge in [0.05, 0.1) is 17.3 Å². The number of pyridine rings is 2. The Kier molecular flexibility index (Phi) is 4.49. The number of aliphatic hydroxyl groups is 1. The lowest BCUT2D eigenvalue weighted by Crippen LogP contribution is -2.19. The number of halogens is 1. The molecular formula is C13H16BrN3O. The number of rotatable bonds is 5. The molecule has 0 aliphatic heterocycles. The number of aliphatic hydroxyl groups excluding tert-OH is 1. The Morgan fingerprint density at radius 3 is 3.06 bits per heavy atom. The largest absolute Gasteiger partial charge is 0.391 e. The zero-order valence-corrected chi connectivity index (χ0v) is 11.8. The van der Waals surface area contributed by atoms with Crippen molar-refractivity contribution in [3.63, 3.8) is 0 Å². The van der Waals surface area contributed by atoms with E-state index in [-0.39, 0.29) is 6.10 Å². The van der Waals surface area contributed by atoms with Gasteiger partial charge in [0, 0.05) is 23.4 Å². The second-order valence-corrected chi connectivity index (χ2v) is 5.12. The van der Waals surface area contributed by atoms with Gasteiger partial charge in [-0.15, -0.1) is 0 Å². The van der Waals surface area contributed by atoms with Crippen LogP contribution in [0.3, 0.4) is 0 Å². The maximum absolute atomic E-state index is 9.72. The smallest absolute Gasteiger partial charge is 0.112 e. The molecule has 2 N–H and O–H groups in total. The summed E-state index contributed by atoms with van der Waals surface area (Å²) in [5, 5.41) is 12.9. The third-order valence-electron chi connectivity index (χ3n) is 2.69. The van der Waals surface area contributed by atoms with Gasteiger partial charge in [-0.05, 0) is 34.5 Å². The molecule has 96 valence electrons. The van der Waals surface area contributed by atoms with Crippen molar-refractivity contribution in [3.8, 4) is 0 Å². The summed E-state index contributed by atoms with van der Waals surface area (Å²) in [4.78, 5) is 8.62. The van der Waals surface area contributed by atoms with E-state index in [1.807, 2.05) is 12.1 Å². The molecule has 0 amide bonds. The lowest BCUT2D eigenvalue weighted by molar-refractivity contribution is 0.176. The maximum Gasteiger partial charge on any atom is 0.112 e. The van der Waals surface area contributed by atoms with Crippen LogP contribution in [0.4, 0.5) is 5.69 Å². The van der Waals surface area contributed by atoms with E-state index in [9.17, 15) is 5.11 Å². The van der Waals surface area contributed by atoms with Crippen LogP contribution in [0.1, 0.15) is 19.8 Å². The summed E-state index contributed by atoms with van der Waals surface area (Å²) < 4.78 is 0.908. The van der Waals surface area contributed by atoms with Crippen molar-refractivity contribution in [1.29, 1.82) is 0 Å². The van der Waals surface area contributed by atoms with Gasteiger partial charge in [-0.25, -0.2) is 0 Å². The molecule has 2 heterocycles. The van der Waals surface area contributed by atoms with Gasteiger partial charge >= 0.3 is 0 Å². The fourth-order valence-electron chi connectivity index (χ4n) is 1.81. The number of anilines is 1. The third kappa shape index (κ3) is 3.17. The second kappa shape index (κ2) is 6.11. The van der Waals surface area contributed by atoms with E-state index in [1.54, 1.807) is 12.4 Å². The Balaban J connectivity index is 2.18. The van der Waals surface area contributed by atoms with Crippen LogP contribution >= 0.6 is 15.9 Å². The van der Waals surface area contributed by atoms with Crippen LogP contribution in [0.15, 0.2) is 29.0 Å². The summed E-state index contributed by atoms with van der Waals surface area (Å²) in [6, 6.07) is 3.80. The number of aromatic nitrogens is 2. The summed E-state index contributed by atoms with van der Waals surface area (Å²) in [7, 11) is 0. The quantitative estimate of drug-likeness (QED) is 0.891. The molecule has 0 radical (unpaired) electrons. The van der Waals surface area contributed by atoms with Crippen molar-refractivity contribution < 1.29 is 5.11 Å². The molecule has 1 unspecified atom stereocenters. The molecule has 0 fully saturated rings. The zero-order valence-electron chi connectivity index (χ0n) is 10.2. The first-order chi connectivity index (χ1) is 8.70. The van der Waals surface area contributed by atoms with Crippen LogP contribution in [0, 0.1) is 0 Å².